The number of carbonyl (C=O) groups excluding carboxylic acids is 6. The molecule has 1 rings (SSSR count). The highest BCUT2D eigenvalue weighted by Gasteiger charge is 2.34. The van der Waals surface area contributed by atoms with Gasteiger partial charge in [-0.1, -0.05) is 99.6 Å². The lowest BCUT2D eigenvalue weighted by Gasteiger charge is -2.29. The molecule has 1 aromatic rings. The molecule has 0 aliphatic carbocycles. The Morgan fingerprint density at radius 1 is 0.667 bits per heavy atom. The summed E-state index contributed by atoms with van der Waals surface area (Å²) in [6.45, 7) is 19.0. The molecule has 0 saturated heterocycles. The molecule has 0 bridgehead atoms. The highest BCUT2D eigenvalue weighted by molar-refractivity contribution is 5.92. The van der Waals surface area contributed by atoms with Crippen molar-refractivity contribution in [3.05, 3.63) is 35.9 Å². The second kappa shape index (κ2) is 23.5. The summed E-state index contributed by atoms with van der Waals surface area (Å²) in [4.78, 5) is 74.3. The van der Waals surface area contributed by atoms with Crippen molar-refractivity contribution >= 4 is 35.5 Å². The van der Waals surface area contributed by atoms with Gasteiger partial charge in [-0.05, 0) is 54.9 Å². The van der Waals surface area contributed by atoms with Crippen LogP contribution in [-0.4, -0.2) is 71.9 Å². The predicted octanol–water partition coefficient (Wildman–Crippen LogP) is 1.63. The number of carboxylic acid groups (broad SMARTS) is 1. The molecule has 0 aromatic heterocycles. The van der Waals surface area contributed by atoms with E-state index in [0.29, 0.717) is 25.7 Å². The van der Waals surface area contributed by atoms with E-state index in [1.165, 1.54) is 0 Å². The zero-order valence-corrected chi connectivity index (χ0v) is 33.3. The van der Waals surface area contributed by atoms with E-state index in [9.17, 15) is 37.1 Å². The minimum atomic E-state index is -5.19. The molecule has 0 aliphatic heterocycles. The van der Waals surface area contributed by atoms with Crippen molar-refractivity contribution < 1.29 is 52.8 Å². The van der Waals surface area contributed by atoms with Crippen LogP contribution in [-0.2, 0) is 35.2 Å². The third-order valence-electron chi connectivity index (χ3n) is 8.80. The second-order valence-corrected chi connectivity index (χ2v) is 15.5. The van der Waals surface area contributed by atoms with Gasteiger partial charge in [-0.3, -0.25) is 24.0 Å². The highest BCUT2D eigenvalue weighted by Crippen LogP contribution is 2.21. The summed E-state index contributed by atoms with van der Waals surface area (Å²) in [5.74, 6) is -5.68. The van der Waals surface area contributed by atoms with Crippen molar-refractivity contribution in [1.82, 2.24) is 21.3 Å². The van der Waals surface area contributed by atoms with Gasteiger partial charge in [-0.2, -0.15) is 13.2 Å². The predicted molar refractivity (Wildman–Crippen MR) is 196 cm³/mol. The summed E-state index contributed by atoms with van der Waals surface area (Å²) in [6, 6.07) is 6.52. The Balaban J connectivity index is 0.00000363. The van der Waals surface area contributed by atoms with Crippen LogP contribution in [0.4, 0.5) is 13.2 Å². The van der Waals surface area contributed by atoms with Crippen molar-refractivity contribution in [1.29, 1.82) is 0 Å². The van der Waals surface area contributed by atoms with Gasteiger partial charge >= 0.3 is 6.18 Å². The Hall–Kier alpha value is -4.21. The van der Waals surface area contributed by atoms with Crippen molar-refractivity contribution in [2.24, 2.45) is 41.2 Å². The average molecular weight is 773 g/mol. The van der Waals surface area contributed by atoms with Gasteiger partial charge in [0.2, 0.25) is 23.6 Å². The molecule has 6 atom stereocenters. The summed E-state index contributed by atoms with van der Waals surface area (Å²) in [5, 5.41) is 20.5. The zero-order chi connectivity index (χ0) is 42.1. The number of benzene rings is 1. The topological polar surface area (TPSA) is 227 Å². The molecule has 0 saturated carbocycles. The smallest absolute Gasteiger partial charge is 0.430 e. The third kappa shape index (κ3) is 18.7. The molecular formula is C38H63F3N6O7. The summed E-state index contributed by atoms with van der Waals surface area (Å²) < 4.78 is 31.5. The number of rotatable bonds is 20. The molecule has 54 heavy (non-hydrogen) atoms. The van der Waals surface area contributed by atoms with Crippen molar-refractivity contribution in [3.63, 3.8) is 0 Å². The van der Waals surface area contributed by atoms with Crippen LogP contribution in [0.1, 0.15) is 94.1 Å². The summed E-state index contributed by atoms with van der Waals surface area (Å²) >= 11 is 0. The molecule has 5 amide bonds. The number of carboxylic acids is 1. The number of hydrogen-bond acceptors (Lipinski definition) is 7. The molecule has 308 valence electrons. The number of amides is 5. The molecule has 9 N–H and O–H groups in total. The van der Waals surface area contributed by atoms with Crippen LogP contribution in [0.15, 0.2) is 30.3 Å². The van der Waals surface area contributed by atoms with Crippen LogP contribution in [0.2, 0.25) is 0 Å². The van der Waals surface area contributed by atoms with Gasteiger partial charge in [0.15, 0.2) is 6.04 Å². The van der Waals surface area contributed by atoms with E-state index in [1.54, 1.807) is 13.8 Å². The van der Waals surface area contributed by atoms with Crippen LogP contribution in [0.5, 0.6) is 0 Å². The Kier molecular flexibility index (Phi) is 21.7. The number of nitrogens with two attached hydrogens (primary N) is 1. The van der Waals surface area contributed by atoms with Crippen molar-refractivity contribution in [2.75, 3.05) is 0 Å². The van der Waals surface area contributed by atoms with E-state index in [4.69, 9.17) is 15.6 Å². The summed E-state index contributed by atoms with van der Waals surface area (Å²) in [7, 11) is 0. The Morgan fingerprint density at radius 3 is 1.48 bits per heavy atom. The first-order valence-corrected chi connectivity index (χ1v) is 18.5. The second-order valence-electron chi connectivity index (χ2n) is 15.5. The molecule has 0 unspecified atom stereocenters. The van der Waals surface area contributed by atoms with Crippen molar-refractivity contribution in [3.8, 4) is 0 Å². The summed E-state index contributed by atoms with van der Waals surface area (Å²) in [5.41, 5.74) is 10.5. The van der Waals surface area contributed by atoms with E-state index in [-0.39, 0.29) is 53.4 Å². The first-order chi connectivity index (χ1) is 24.8. The molecule has 1 aromatic carbocycles. The number of alkyl halides is 3. The molecule has 0 spiro atoms. The maximum absolute atomic E-state index is 13.9. The zero-order valence-electron chi connectivity index (χ0n) is 33.3. The molecule has 13 nitrogen and oxygen atoms in total. The lowest BCUT2D eigenvalue weighted by molar-refractivity contribution is -0.414. The maximum atomic E-state index is 13.9. The van der Waals surface area contributed by atoms with Gasteiger partial charge in [-0.15, -0.1) is 0 Å². The summed E-state index contributed by atoms with van der Waals surface area (Å²) in [6.07, 6.45) is -3.09. The van der Waals surface area contributed by atoms with E-state index in [1.807, 2.05) is 71.9 Å². The lowest BCUT2D eigenvalue weighted by atomic mass is 9.89. The fourth-order valence-electron chi connectivity index (χ4n) is 5.45. The first kappa shape index (κ1) is 49.8. The van der Waals surface area contributed by atoms with Gasteiger partial charge in [0, 0.05) is 17.9 Å². The highest BCUT2D eigenvalue weighted by atomic mass is 19.4. The number of primary amides is 1. The van der Waals surface area contributed by atoms with E-state index >= 15 is 0 Å². The molecule has 0 fully saturated rings. The van der Waals surface area contributed by atoms with Crippen molar-refractivity contribution in [2.45, 2.75) is 131 Å². The normalized spacial score (nSPS) is 15.0. The lowest BCUT2D eigenvalue weighted by Crippen LogP contribution is -2.71. The third-order valence-corrected chi connectivity index (χ3v) is 8.80. The number of hydrogen-bond donors (Lipinski definition) is 6. The largest absolute Gasteiger partial charge is 0.542 e. The number of nitrogens with one attached hydrogen (secondary N) is 4. The van der Waals surface area contributed by atoms with E-state index in [0.717, 1.165) is 5.56 Å². The monoisotopic (exact) mass is 772 g/mol. The molecule has 0 radical (unpaired) electrons. The Labute approximate surface area is 317 Å². The van der Waals surface area contributed by atoms with Crippen LogP contribution < -0.4 is 37.8 Å². The van der Waals surface area contributed by atoms with E-state index in [2.05, 4.69) is 40.8 Å². The first-order valence-electron chi connectivity index (χ1n) is 18.5. The van der Waals surface area contributed by atoms with Gasteiger partial charge in [0.05, 0.1) is 0 Å². The van der Waals surface area contributed by atoms with Gasteiger partial charge < -0.3 is 42.6 Å². The quantitative estimate of drug-likeness (QED) is 0.115. The molecular weight excluding hydrogens is 709 g/mol. The standard InChI is InChI=1S/C36H62N6O5.C2HF3O2/c1-20(2)18-27(39-35(46)30(23(7)8)42-34(45)28(37)21(3)4)17-16-26(19-25-14-12-11-13-15-25)33(44)41-31(24(9)10)36(47)40-29(22(5)6)32(38)43;3-2(4,5)1(6)7/h11-15,20-24,26-31H,16-19,37H2,1-10H3,(H2,38,43)(H,39,46)(H,40,47)(H,41,44)(H,42,45);(H,6,7)/t26-,27+,28-,29-,30-,31-;/m0./s1. The van der Waals surface area contributed by atoms with E-state index < -0.39 is 54.0 Å². The number of quaternary nitrogens is 1. The average Bonchev–Trinajstić information content (AvgIpc) is 3.05. The van der Waals surface area contributed by atoms with Gasteiger partial charge in [-0.25, -0.2) is 0 Å². The Bertz CT molecular complexity index is 1360. The fourth-order valence-corrected chi connectivity index (χ4v) is 5.45. The van der Waals surface area contributed by atoms with Crippen LogP contribution in [0, 0.1) is 35.5 Å². The van der Waals surface area contributed by atoms with Crippen LogP contribution in [0.3, 0.4) is 0 Å². The number of halogens is 3. The number of aliphatic carboxylic acids is 1. The fraction of sp³-hybridized carbons (Fsp3) is 0.684. The molecule has 0 heterocycles. The van der Waals surface area contributed by atoms with Crippen LogP contribution in [0.25, 0.3) is 0 Å². The van der Waals surface area contributed by atoms with Crippen LogP contribution >= 0.6 is 0 Å². The Morgan fingerprint density at radius 2 is 1.09 bits per heavy atom. The minimum Gasteiger partial charge on any atom is -0.542 e. The SMILES string of the molecule is CC(C)C[C@@H](CC[C@@H](Cc1ccccc1)C(=O)N[C@H](C(=O)N[C@H](C(N)=O)C(C)C)C(C)C)NC(=O)[C@@H](NC(=O)[C@@H]([NH3+])C(C)C)C(C)C.O=C([O-])C(F)(F)F. The minimum absolute atomic E-state index is 0.0356. The van der Waals surface area contributed by atoms with Gasteiger partial charge in [0.25, 0.3) is 5.91 Å². The molecule has 0 aliphatic rings. The van der Waals surface area contributed by atoms with Gasteiger partial charge in [0.1, 0.15) is 24.1 Å². The maximum Gasteiger partial charge on any atom is 0.430 e. The number of carbonyl (C=O) groups is 6. The molecule has 16 heteroatoms.